The van der Waals surface area contributed by atoms with Gasteiger partial charge >= 0.3 is 0 Å². The Balaban J connectivity index is 1.78. The number of hydrogen-bond donors (Lipinski definition) is 1. The Morgan fingerprint density at radius 2 is 1.52 bits per heavy atom. The van der Waals surface area contributed by atoms with E-state index < -0.39 is 0 Å². The summed E-state index contributed by atoms with van der Waals surface area (Å²) in [5, 5.41) is 15.9. The van der Waals surface area contributed by atoms with Crippen molar-refractivity contribution in [2.75, 3.05) is 5.43 Å². The van der Waals surface area contributed by atoms with Crippen molar-refractivity contribution in [1.82, 2.24) is 14.9 Å². The number of aromatic nitrogens is 3. The highest BCUT2D eigenvalue weighted by atomic mass is 19.1. The van der Waals surface area contributed by atoms with E-state index in [1.54, 1.807) is 43.3 Å². The van der Waals surface area contributed by atoms with E-state index in [0.29, 0.717) is 17.0 Å². The number of halogens is 2. The van der Waals surface area contributed by atoms with E-state index in [9.17, 15) is 8.78 Å². The molecule has 8 heteroatoms. The summed E-state index contributed by atoms with van der Waals surface area (Å²) in [6.45, 7) is 1.69. The Kier molecular flexibility index (Phi) is 4.89. The second kappa shape index (κ2) is 7.43. The fourth-order valence-corrected chi connectivity index (χ4v) is 2.00. The third-order valence-corrected chi connectivity index (χ3v) is 3.29. The Morgan fingerprint density at radius 3 is 2.16 bits per heavy atom. The third kappa shape index (κ3) is 3.92. The van der Waals surface area contributed by atoms with Gasteiger partial charge in [-0.2, -0.15) is 14.9 Å². The van der Waals surface area contributed by atoms with Gasteiger partial charge in [0.15, 0.2) is 5.82 Å². The highest BCUT2D eigenvalue weighted by Crippen LogP contribution is 2.09. The van der Waals surface area contributed by atoms with Crippen LogP contribution in [0.1, 0.15) is 17.0 Å². The second-order valence-electron chi connectivity index (χ2n) is 5.04. The molecule has 1 aromatic heterocycles. The quantitative estimate of drug-likeness (QED) is 0.573. The number of nitrogens with zero attached hydrogens (tertiary/aromatic N) is 5. The number of nitrogens with one attached hydrogen (secondary N) is 1. The van der Waals surface area contributed by atoms with Gasteiger partial charge in [0.05, 0.1) is 12.4 Å². The first-order chi connectivity index (χ1) is 12.1. The van der Waals surface area contributed by atoms with Gasteiger partial charge < -0.3 is 0 Å². The van der Waals surface area contributed by atoms with Crippen LogP contribution in [0, 0.1) is 18.6 Å². The van der Waals surface area contributed by atoms with Crippen LogP contribution in [0.25, 0.3) is 0 Å². The molecule has 25 heavy (non-hydrogen) atoms. The lowest BCUT2D eigenvalue weighted by Gasteiger charge is -2.01. The monoisotopic (exact) mass is 340 g/mol. The molecule has 0 aliphatic heterocycles. The predicted octanol–water partition coefficient (Wildman–Crippen LogP) is 3.19. The smallest absolute Gasteiger partial charge is 0.244 e. The topological polar surface area (TPSA) is 67.5 Å². The van der Waals surface area contributed by atoms with Gasteiger partial charge in [-0.1, -0.05) is 36.4 Å². The maximum atomic E-state index is 13.6. The van der Waals surface area contributed by atoms with Crippen molar-refractivity contribution in [2.24, 2.45) is 10.2 Å². The first-order valence-corrected chi connectivity index (χ1v) is 7.39. The van der Waals surface area contributed by atoms with Crippen LogP contribution in [0.3, 0.4) is 0 Å². The Bertz CT molecular complexity index is 932. The molecule has 0 spiro atoms. The molecule has 0 unspecified atom stereocenters. The molecule has 0 atom stereocenters. The normalized spacial score (nSPS) is 11.5. The predicted molar refractivity (Wildman–Crippen MR) is 91.8 cm³/mol. The molecular formula is C17H14F2N6. The van der Waals surface area contributed by atoms with E-state index in [2.05, 4.69) is 25.8 Å². The summed E-state index contributed by atoms with van der Waals surface area (Å²) in [5.74, 6) is -0.0683. The molecule has 3 rings (SSSR count). The van der Waals surface area contributed by atoms with Gasteiger partial charge in [0.25, 0.3) is 5.95 Å². The van der Waals surface area contributed by atoms with E-state index >= 15 is 0 Å². The summed E-state index contributed by atoms with van der Waals surface area (Å²) >= 11 is 0. The Morgan fingerprint density at radius 1 is 0.920 bits per heavy atom. The van der Waals surface area contributed by atoms with Crippen molar-refractivity contribution < 1.29 is 8.78 Å². The maximum absolute atomic E-state index is 13.6. The van der Waals surface area contributed by atoms with E-state index in [4.69, 9.17) is 0 Å². The van der Waals surface area contributed by atoms with E-state index in [1.807, 2.05) is 0 Å². The average molecular weight is 340 g/mol. The molecule has 0 saturated heterocycles. The lowest BCUT2D eigenvalue weighted by atomic mass is 10.2. The Labute approximate surface area is 142 Å². The van der Waals surface area contributed by atoms with E-state index in [1.165, 1.54) is 29.2 Å². The molecule has 0 bridgehead atoms. The molecular weight excluding hydrogens is 326 g/mol. The summed E-state index contributed by atoms with van der Waals surface area (Å²) in [7, 11) is 0. The molecule has 6 nitrogen and oxygen atoms in total. The lowest BCUT2D eigenvalue weighted by Crippen LogP contribution is -2.02. The van der Waals surface area contributed by atoms with Gasteiger partial charge in [-0.05, 0) is 19.1 Å². The van der Waals surface area contributed by atoms with Crippen LogP contribution in [-0.4, -0.2) is 27.3 Å². The van der Waals surface area contributed by atoms with Crippen molar-refractivity contribution in [3.05, 3.63) is 77.1 Å². The minimum absolute atomic E-state index is 0.220. The average Bonchev–Trinajstić information content (AvgIpc) is 2.96. The van der Waals surface area contributed by atoms with E-state index in [-0.39, 0.29) is 17.6 Å². The van der Waals surface area contributed by atoms with Crippen LogP contribution in [0.15, 0.2) is 58.7 Å². The first kappa shape index (κ1) is 16.4. The molecule has 0 aliphatic carbocycles. The summed E-state index contributed by atoms with van der Waals surface area (Å²) in [6.07, 6.45) is 2.68. The summed E-state index contributed by atoms with van der Waals surface area (Å²) in [6, 6.07) is 12.5. The second-order valence-corrected chi connectivity index (χ2v) is 5.04. The molecule has 0 fully saturated rings. The van der Waals surface area contributed by atoms with Crippen LogP contribution in [-0.2, 0) is 0 Å². The SMILES string of the molecule is Cc1nnc(N/N=C/c2ccccc2F)n1/N=C\c1ccccc1F. The van der Waals surface area contributed by atoms with Crippen LogP contribution in [0.4, 0.5) is 14.7 Å². The number of rotatable bonds is 5. The zero-order valence-electron chi connectivity index (χ0n) is 13.3. The molecule has 0 aliphatic rings. The van der Waals surface area contributed by atoms with Gasteiger partial charge in [0, 0.05) is 11.1 Å². The molecule has 1 heterocycles. The van der Waals surface area contributed by atoms with E-state index in [0.717, 1.165) is 0 Å². The summed E-state index contributed by atoms with van der Waals surface area (Å²) in [4.78, 5) is 0. The van der Waals surface area contributed by atoms with Gasteiger partial charge in [-0.15, -0.1) is 10.2 Å². The van der Waals surface area contributed by atoms with Crippen molar-refractivity contribution in [1.29, 1.82) is 0 Å². The number of aryl methyl sites for hydroxylation is 1. The first-order valence-electron chi connectivity index (χ1n) is 7.39. The number of hydrazone groups is 1. The zero-order valence-corrected chi connectivity index (χ0v) is 13.3. The third-order valence-electron chi connectivity index (χ3n) is 3.29. The molecule has 1 N–H and O–H groups in total. The van der Waals surface area contributed by atoms with Gasteiger partial charge in [0.2, 0.25) is 0 Å². The van der Waals surface area contributed by atoms with Crippen molar-refractivity contribution in [3.63, 3.8) is 0 Å². The van der Waals surface area contributed by atoms with Crippen LogP contribution < -0.4 is 5.43 Å². The lowest BCUT2D eigenvalue weighted by molar-refractivity contribution is 0.625. The number of anilines is 1. The molecule has 0 saturated carbocycles. The largest absolute Gasteiger partial charge is 0.266 e. The standard InChI is InChI=1S/C17H14F2N6/c1-12-22-24-17(23-20-10-13-6-2-4-8-15(13)18)25(12)21-11-14-7-3-5-9-16(14)19/h2-11H,1H3,(H,23,24)/b20-10+,21-11-. The van der Waals surface area contributed by atoms with Gasteiger partial charge in [-0.25, -0.2) is 14.2 Å². The fourth-order valence-electron chi connectivity index (χ4n) is 2.00. The van der Waals surface area contributed by atoms with Crippen molar-refractivity contribution >= 4 is 18.4 Å². The highest BCUT2D eigenvalue weighted by molar-refractivity contribution is 5.80. The molecule has 0 amide bonds. The minimum atomic E-state index is -0.386. The molecule has 126 valence electrons. The van der Waals surface area contributed by atoms with Gasteiger partial charge in [-0.3, -0.25) is 0 Å². The Hall–Kier alpha value is -3.42. The minimum Gasteiger partial charge on any atom is -0.244 e. The van der Waals surface area contributed by atoms with Crippen molar-refractivity contribution in [2.45, 2.75) is 6.92 Å². The number of hydrogen-bond acceptors (Lipinski definition) is 5. The van der Waals surface area contributed by atoms with Gasteiger partial charge in [0.1, 0.15) is 11.6 Å². The summed E-state index contributed by atoms with van der Waals surface area (Å²) in [5.41, 5.74) is 3.30. The molecule has 2 aromatic carbocycles. The molecule has 0 radical (unpaired) electrons. The van der Waals surface area contributed by atoms with Crippen molar-refractivity contribution in [3.8, 4) is 0 Å². The molecule has 3 aromatic rings. The fraction of sp³-hybridized carbons (Fsp3) is 0.0588. The zero-order chi connectivity index (χ0) is 17.6. The van der Waals surface area contributed by atoms with Crippen LogP contribution >= 0.6 is 0 Å². The maximum Gasteiger partial charge on any atom is 0.266 e. The van der Waals surface area contributed by atoms with Crippen LogP contribution in [0.2, 0.25) is 0 Å². The van der Waals surface area contributed by atoms with Crippen LogP contribution in [0.5, 0.6) is 0 Å². The summed E-state index contributed by atoms with van der Waals surface area (Å²) < 4.78 is 28.5. The number of benzene rings is 2. The highest BCUT2D eigenvalue weighted by Gasteiger charge is 2.07.